The van der Waals surface area contributed by atoms with Gasteiger partial charge in [0.1, 0.15) is 0 Å². The Hall–Kier alpha value is -2.90. The number of hydrogen-bond donors (Lipinski definition) is 1. The highest BCUT2D eigenvalue weighted by Crippen LogP contribution is 2.21. The van der Waals surface area contributed by atoms with Crippen molar-refractivity contribution in [1.82, 2.24) is 9.97 Å². The van der Waals surface area contributed by atoms with Crippen LogP contribution >= 0.6 is 0 Å². The van der Waals surface area contributed by atoms with E-state index in [1.54, 1.807) is 6.07 Å². The third kappa shape index (κ3) is 2.86. The third-order valence-electron chi connectivity index (χ3n) is 2.17. The molecule has 0 saturated heterocycles. The van der Waals surface area contributed by atoms with Gasteiger partial charge in [0, 0.05) is 24.1 Å². The van der Waals surface area contributed by atoms with Crippen molar-refractivity contribution in [1.29, 1.82) is 0 Å². The van der Waals surface area contributed by atoms with E-state index in [0.717, 1.165) is 12.1 Å². The van der Waals surface area contributed by atoms with Crippen molar-refractivity contribution >= 4 is 17.3 Å². The normalized spacial score (nSPS) is 9.95. The van der Waals surface area contributed by atoms with Crippen LogP contribution in [0.1, 0.15) is 10.6 Å². The zero-order valence-corrected chi connectivity index (χ0v) is 9.41. The monoisotopic (exact) mass is 262 g/mol. The molecule has 0 atom stereocenters. The highest BCUT2D eigenvalue weighted by atomic mass is 19.1. The minimum Gasteiger partial charge on any atom is -0.319 e. The molecule has 96 valence electrons. The van der Waals surface area contributed by atoms with Crippen molar-refractivity contribution < 1.29 is 14.1 Å². The smallest absolute Gasteiger partial charge is 0.306 e. The first-order valence-electron chi connectivity index (χ1n) is 5.10. The fraction of sp³-hybridized carbons (Fsp3) is 0. The van der Waals surface area contributed by atoms with Crippen molar-refractivity contribution in [2.75, 3.05) is 5.32 Å². The Kier molecular flexibility index (Phi) is 3.42. The first kappa shape index (κ1) is 12.6. The molecule has 0 aliphatic rings. The minimum atomic E-state index is -0.973. The molecular formula is C11H7FN4O3. The maximum Gasteiger partial charge on any atom is 0.306 e. The summed E-state index contributed by atoms with van der Waals surface area (Å²) in [6, 6.07) is 4.58. The highest BCUT2D eigenvalue weighted by Gasteiger charge is 2.16. The largest absolute Gasteiger partial charge is 0.319 e. The average molecular weight is 262 g/mol. The molecule has 0 saturated carbocycles. The fourth-order valence-electron chi connectivity index (χ4n) is 1.33. The Morgan fingerprint density at radius 3 is 2.63 bits per heavy atom. The number of aromatic nitrogens is 2. The number of amides is 1. The lowest BCUT2D eigenvalue weighted by Crippen LogP contribution is -2.15. The summed E-state index contributed by atoms with van der Waals surface area (Å²) in [5.74, 6) is -1.70. The Morgan fingerprint density at radius 1 is 1.32 bits per heavy atom. The predicted octanol–water partition coefficient (Wildman–Crippen LogP) is 1.78. The number of anilines is 1. The molecule has 1 aromatic heterocycles. The van der Waals surface area contributed by atoms with E-state index < -0.39 is 22.3 Å². The van der Waals surface area contributed by atoms with Crippen LogP contribution in [0.2, 0.25) is 0 Å². The molecule has 8 heteroatoms. The maximum atomic E-state index is 13.1. The topological polar surface area (TPSA) is 98.0 Å². The maximum absolute atomic E-state index is 13.1. The number of carbonyl (C=O) groups is 1. The van der Waals surface area contributed by atoms with Crippen LogP contribution in [-0.2, 0) is 0 Å². The molecule has 0 aliphatic carbocycles. The SMILES string of the molecule is O=C(Nc1ccc(F)c([N+](=O)[O-])c1)c1ncccn1. The van der Waals surface area contributed by atoms with Crippen LogP contribution in [0, 0.1) is 15.9 Å². The lowest BCUT2D eigenvalue weighted by molar-refractivity contribution is -0.387. The Bertz CT molecular complexity index is 633. The van der Waals surface area contributed by atoms with Crippen molar-refractivity contribution in [3.05, 3.63) is 58.4 Å². The summed E-state index contributed by atoms with van der Waals surface area (Å²) in [4.78, 5) is 28.8. The second kappa shape index (κ2) is 5.17. The molecular weight excluding hydrogens is 255 g/mol. The van der Waals surface area contributed by atoms with Gasteiger partial charge in [-0.2, -0.15) is 4.39 Å². The van der Waals surface area contributed by atoms with Crippen LogP contribution in [-0.4, -0.2) is 20.8 Å². The second-order valence-corrected chi connectivity index (χ2v) is 3.45. The summed E-state index contributed by atoms with van der Waals surface area (Å²) in [6.07, 6.45) is 2.77. The average Bonchev–Trinajstić information content (AvgIpc) is 2.41. The van der Waals surface area contributed by atoms with Crippen molar-refractivity contribution in [2.24, 2.45) is 0 Å². The van der Waals surface area contributed by atoms with Gasteiger partial charge in [-0.3, -0.25) is 14.9 Å². The van der Waals surface area contributed by atoms with E-state index in [-0.39, 0.29) is 11.5 Å². The van der Waals surface area contributed by atoms with Crippen LogP contribution in [0.15, 0.2) is 36.7 Å². The molecule has 0 fully saturated rings. The molecule has 19 heavy (non-hydrogen) atoms. The summed E-state index contributed by atoms with van der Waals surface area (Å²) in [5.41, 5.74) is -0.627. The first-order valence-corrected chi connectivity index (χ1v) is 5.10. The lowest BCUT2D eigenvalue weighted by Gasteiger charge is -2.03. The van der Waals surface area contributed by atoms with Gasteiger partial charge < -0.3 is 5.32 Å². The van der Waals surface area contributed by atoms with E-state index in [9.17, 15) is 19.3 Å². The third-order valence-corrected chi connectivity index (χ3v) is 2.17. The first-order chi connectivity index (χ1) is 9.08. The van der Waals surface area contributed by atoms with Crippen LogP contribution in [0.3, 0.4) is 0 Å². The standard InChI is InChI=1S/C11H7FN4O3/c12-8-3-2-7(6-9(8)16(18)19)15-11(17)10-13-4-1-5-14-10/h1-6H,(H,15,17). The number of hydrogen-bond acceptors (Lipinski definition) is 5. The van der Waals surface area contributed by atoms with E-state index >= 15 is 0 Å². The van der Waals surface area contributed by atoms with Gasteiger partial charge in [-0.15, -0.1) is 0 Å². The summed E-state index contributed by atoms with van der Waals surface area (Å²) in [7, 11) is 0. The molecule has 1 N–H and O–H groups in total. The summed E-state index contributed by atoms with van der Waals surface area (Å²) in [6.45, 7) is 0. The van der Waals surface area contributed by atoms with E-state index in [2.05, 4.69) is 15.3 Å². The van der Waals surface area contributed by atoms with Gasteiger partial charge in [-0.1, -0.05) is 0 Å². The Labute approximate surface area is 106 Å². The van der Waals surface area contributed by atoms with Crippen molar-refractivity contribution in [2.45, 2.75) is 0 Å². The number of carbonyl (C=O) groups excluding carboxylic acids is 1. The summed E-state index contributed by atoms with van der Waals surface area (Å²) < 4.78 is 13.1. The molecule has 0 unspecified atom stereocenters. The van der Waals surface area contributed by atoms with Gasteiger partial charge in [0.2, 0.25) is 11.6 Å². The number of nitrogens with zero attached hydrogens (tertiary/aromatic N) is 3. The summed E-state index contributed by atoms with van der Waals surface area (Å²) >= 11 is 0. The van der Waals surface area contributed by atoms with Gasteiger partial charge >= 0.3 is 5.69 Å². The fourth-order valence-corrected chi connectivity index (χ4v) is 1.33. The van der Waals surface area contributed by atoms with E-state index in [0.29, 0.717) is 0 Å². The Balaban J connectivity index is 2.23. The number of benzene rings is 1. The molecule has 0 radical (unpaired) electrons. The molecule has 0 bridgehead atoms. The van der Waals surface area contributed by atoms with E-state index in [4.69, 9.17) is 0 Å². The van der Waals surface area contributed by atoms with E-state index in [1.807, 2.05) is 0 Å². The van der Waals surface area contributed by atoms with Crippen LogP contribution < -0.4 is 5.32 Å². The van der Waals surface area contributed by atoms with Gasteiger partial charge in [0.15, 0.2) is 0 Å². The summed E-state index contributed by atoms with van der Waals surface area (Å²) in [5, 5.41) is 12.9. The van der Waals surface area contributed by atoms with Gasteiger partial charge in [0.05, 0.1) is 4.92 Å². The molecule has 2 rings (SSSR count). The second-order valence-electron chi connectivity index (χ2n) is 3.45. The predicted molar refractivity (Wildman–Crippen MR) is 63.0 cm³/mol. The molecule has 0 aliphatic heterocycles. The molecule has 1 heterocycles. The molecule has 7 nitrogen and oxygen atoms in total. The quantitative estimate of drug-likeness (QED) is 0.671. The number of nitro groups is 1. The van der Waals surface area contributed by atoms with Crippen LogP contribution in [0.4, 0.5) is 15.8 Å². The minimum absolute atomic E-state index is 0.0884. The van der Waals surface area contributed by atoms with Crippen molar-refractivity contribution in [3.63, 3.8) is 0 Å². The van der Waals surface area contributed by atoms with Crippen molar-refractivity contribution in [3.8, 4) is 0 Å². The zero-order chi connectivity index (χ0) is 13.8. The zero-order valence-electron chi connectivity index (χ0n) is 9.41. The lowest BCUT2D eigenvalue weighted by atomic mass is 10.2. The number of halogens is 1. The van der Waals surface area contributed by atoms with Gasteiger partial charge in [0.25, 0.3) is 5.91 Å². The van der Waals surface area contributed by atoms with Gasteiger partial charge in [-0.05, 0) is 18.2 Å². The molecule has 2 aromatic rings. The Morgan fingerprint density at radius 2 is 2.00 bits per heavy atom. The van der Waals surface area contributed by atoms with E-state index in [1.165, 1.54) is 18.5 Å². The number of nitro benzene ring substituents is 1. The van der Waals surface area contributed by atoms with Crippen LogP contribution in [0.5, 0.6) is 0 Å². The molecule has 1 amide bonds. The molecule has 1 aromatic carbocycles. The molecule has 0 spiro atoms. The number of rotatable bonds is 3. The van der Waals surface area contributed by atoms with Gasteiger partial charge in [-0.25, -0.2) is 9.97 Å². The van der Waals surface area contributed by atoms with Crippen LogP contribution in [0.25, 0.3) is 0 Å². The highest BCUT2D eigenvalue weighted by molar-refractivity contribution is 6.01. The number of nitrogens with one attached hydrogen (secondary N) is 1.